The average Bonchev–Trinajstić information content (AvgIpc) is 3.43. The van der Waals surface area contributed by atoms with Gasteiger partial charge in [0.25, 0.3) is 5.91 Å². The molecule has 248 valence electrons. The fourth-order valence-corrected chi connectivity index (χ4v) is 6.28. The average molecular weight is 666 g/mol. The lowest BCUT2D eigenvalue weighted by molar-refractivity contribution is -0.139. The summed E-state index contributed by atoms with van der Waals surface area (Å²) in [5.74, 6) is 6.81. The van der Waals surface area contributed by atoms with Gasteiger partial charge in [-0.15, -0.1) is 0 Å². The van der Waals surface area contributed by atoms with Gasteiger partial charge in [0.15, 0.2) is 0 Å². The number of aromatic hydroxyl groups is 1. The van der Waals surface area contributed by atoms with Gasteiger partial charge in [-0.2, -0.15) is 16.9 Å². The second kappa shape index (κ2) is 14.7. The largest absolute Gasteiger partial charge is 0.507 e. The number of alkyl carbamates (subject to hydrolysis) is 1. The summed E-state index contributed by atoms with van der Waals surface area (Å²) < 4.78 is 7.10. The Hall–Kier alpha value is -5.21. The maximum absolute atomic E-state index is 14.0. The Kier molecular flexibility index (Phi) is 10.4. The molecule has 1 aliphatic rings. The van der Waals surface area contributed by atoms with Crippen molar-refractivity contribution in [3.63, 3.8) is 0 Å². The lowest BCUT2D eigenvalue weighted by Gasteiger charge is -2.37. The Morgan fingerprint density at radius 2 is 1.77 bits per heavy atom. The van der Waals surface area contributed by atoms with Crippen LogP contribution in [0.3, 0.4) is 0 Å². The highest BCUT2D eigenvalue weighted by atomic mass is 32.2. The first-order valence-electron chi connectivity index (χ1n) is 15.6. The third-order valence-corrected chi connectivity index (χ3v) is 8.51. The highest BCUT2D eigenvalue weighted by molar-refractivity contribution is 7.99. The van der Waals surface area contributed by atoms with E-state index in [0.29, 0.717) is 46.1 Å². The van der Waals surface area contributed by atoms with E-state index in [0.717, 1.165) is 11.1 Å². The molecular weight excluding hydrogens is 627 g/mol. The molecule has 48 heavy (non-hydrogen) atoms. The fraction of sp³-hybridized carbons (Fsp3) is 0.297. The van der Waals surface area contributed by atoms with Crippen molar-refractivity contribution in [2.45, 2.75) is 45.4 Å². The number of ether oxygens (including phenoxy) is 1. The highest BCUT2D eigenvalue weighted by Crippen LogP contribution is 2.31. The number of carbonyl (C=O) groups is 3. The summed E-state index contributed by atoms with van der Waals surface area (Å²) >= 11 is 1.59. The molecule has 1 aromatic heterocycles. The van der Waals surface area contributed by atoms with E-state index in [4.69, 9.17) is 4.74 Å². The van der Waals surface area contributed by atoms with Gasteiger partial charge in [-0.25, -0.2) is 4.79 Å². The van der Waals surface area contributed by atoms with Crippen molar-refractivity contribution in [2.75, 3.05) is 23.4 Å². The number of aromatic nitrogens is 2. The Balaban J connectivity index is 1.30. The van der Waals surface area contributed by atoms with Crippen molar-refractivity contribution in [1.29, 1.82) is 0 Å². The summed E-state index contributed by atoms with van der Waals surface area (Å²) in [6, 6.07) is 19.7. The number of phenols is 1. The number of hydrogen-bond donors (Lipinski definition) is 3. The van der Waals surface area contributed by atoms with E-state index in [1.54, 1.807) is 105 Å². The molecule has 0 spiro atoms. The number of anilines is 1. The van der Waals surface area contributed by atoms with Gasteiger partial charge in [0.2, 0.25) is 5.91 Å². The van der Waals surface area contributed by atoms with Crippen LogP contribution in [0.2, 0.25) is 0 Å². The van der Waals surface area contributed by atoms with Crippen LogP contribution in [0, 0.1) is 18.8 Å². The van der Waals surface area contributed by atoms with Crippen LogP contribution in [-0.4, -0.2) is 67.4 Å². The van der Waals surface area contributed by atoms with Crippen molar-refractivity contribution < 1.29 is 24.2 Å². The van der Waals surface area contributed by atoms with Gasteiger partial charge in [0.05, 0.1) is 5.56 Å². The minimum absolute atomic E-state index is 0.133. The van der Waals surface area contributed by atoms with Crippen LogP contribution < -0.4 is 10.6 Å². The van der Waals surface area contributed by atoms with Crippen molar-refractivity contribution in [2.24, 2.45) is 7.05 Å². The van der Waals surface area contributed by atoms with Crippen LogP contribution >= 0.6 is 11.8 Å². The van der Waals surface area contributed by atoms with Crippen LogP contribution in [0.5, 0.6) is 5.75 Å². The normalized spacial score (nSPS) is 15.1. The third kappa shape index (κ3) is 8.57. The minimum Gasteiger partial charge on any atom is -0.507 e. The molecule has 0 aliphatic carbocycles. The van der Waals surface area contributed by atoms with Crippen LogP contribution in [0.15, 0.2) is 79.0 Å². The molecule has 0 radical (unpaired) electrons. The summed E-state index contributed by atoms with van der Waals surface area (Å²) in [5.41, 5.74) is 4.01. The number of aryl methyl sites for hydroxylation is 2. The van der Waals surface area contributed by atoms with Crippen LogP contribution in [0.25, 0.3) is 11.3 Å². The quantitative estimate of drug-likeness (QED) is 0.227. The predicted octanol–water partition coefficient (Wildman–Crippen LogP) is 5.65. The van der Waals surface area contributed by atoms with Crippen molar-refractivity contribution in [3.05, 3.63) is 101 Å². The van der Waals surface area contributed by atoms with Crippen LogP contribution in [0.4, 0.5) is 10.5 Å². The standard InChI is InChI=1S/C37H39N5O5S/c1-24-11-18-31(43)29(21-24)32-27(22-41(5)40-32)15-12-25-13-16-28(17-14-25)38-34(44)30-23-48-20-19-42(30)35(45)33(26-9-7-6-8-10-26)39-36(46)47-37(2,3)4/h6-11,13-14,16-18,21-22,30,33,43H,19-20,23H2,1-5H3,(H,38,44)(H,39,46)/t30-,33+/m0/s1. The Labute approximate surface area is 284 Å². The first kappa shape index (κ1) is 34.1. The van der Waals surface area contributed by atoms with Crippen molar-refractivity contribution >= 4 is 35.4 Å². The fourth-order valence-electron chi connectivity index (χ4n) is 5.23. The van der Waals surface area contributed by atoms with E-state index in [1.807, 2.05) is 25.1 Å². The Bertz CT molecular complexity index is 1850. The number of nitrogens with zero attached hydrogens (tertiary/aromatic N) is 3. The van der Waals surface area contributed by atoms with Gasteiger partial charge in [-0.1, -0.05) is 53.8 Å². The summed E-state index contributed by atoms with van der Waals surface area (Å²) in [5, 5.41) is 20.6. The molecule has 2 heterocycles. The first-order chi connectivity index (χ1) is 22.9. The maximum Gasteiger partial charge on any atom is 0.408 e. The highest BCUT2D eigenvalue weighted by Gasteiger charge is 2.37. The van der Waals surface area contributed by atoms with Crippen molar-refractivity contribution in [3.8, 4) is 28.8 Å². The van der Waals surface area contributed by atoms with E-state index in [2.05, 4.69) is 27.6 Å². The number of rotatable bonds is 6. The summed E-state index contributed by atoms with van der Waals surface area (Å²) in [4.78, 5) is 41.8. The zero-order valence-corrected chi connectivity index (χ0v) is 28.4. The lowest BCUT2D eigenvalue weighted by Crippen LogP contribution is -2.55. The molecule has 0 saturated carbocycles. The molecule has 1 fully saturated rings. The molecule has 10 nitrogen and oxygen atoms in total. The van der Waals surface area contributed by atoms with Gasteiger partial charge in [-0.3, -0.25) is 14.3 Å². The topological polar surface area (TPSA) is 126 Å². The maximum atomic E-state index is 14.0. The number of amides is 3. The first-order valence-corrected chi connectivity index (χ1v) is 16.7. The van der Waals surface area contributed by atoms with E-state index in [1.165, 1.54) is 4.90 Å². The Morgan fingerprint density at radius 1 is 1.04 bits per heavy atom. The predicted molar refractivity (Wildman–Crippen MR) is 187 cm³/mol. The zero-order valence-electron chi connectivity index (χ0n) is 27.6. The van der Waals surface area contributed by atoms with Crippen LogP contribution in [-0.2, 0) is 21.4 Å². The number of thioether (sulfide) groups is 1. The minimum atomic E-state index is -1.02. The second-order valence-electron chi connectivity index (χ2n) is 12.5. The molecule has 1 aliphatic heterocycles. The van der Waals surface area contributed by atoms with Gasteiger partial charge < -0.3 is 25.4 Å². The lowest BCUT2D eigenvalue weighted by atomic mass is 10.0. The molecule has 3 aromatic carbocycles. The van der Waals surface area contributed by atoms with E-state index < -0.39 is 23.8 Å². The molecule has 0 unspecified atom stereocenters. The molecule has 3 N–H and O–H groups in total. The molecule has 4 aromatic rings. The molecular formula is C37H39N5O5S. The number of phenolic OH excluding ortho intramolecular Hbond substituents is 1. The number of nitrogens with one attached hydrogen (secondary N) is 2. The van der Waals surface area contributed by atoms with Gasteiger partial charge in [0, 0.05) is 48.1 Å². The summed E-state index contributed by atoms with van der Waals surface area (Å²) in [6.45, 7) is 7.56. The zero-order chi connectivity index (χ0) is 34.4. The number of hydrogen-bond acceptors (Lipinski definition) is 7. The van der Waals surface area contributed by atoms with Crippen LogP contribution in [0.1, 0.15) is 49.1 Å². The van der Waals surface area contributed by atoms with E-state index in [-0.39, 0.29) is 17.6 Å². The Morgan fingerprint density at radius 3 is 2.48 bits per heavy atom. The van der Waals surface area contributed by atoms with Gasteiger partial charge >= 0.3 is 6.09 Å². The SMILES string of the molecule is Cc1ccc(O)c(-c2nn(C)cc2C#Cc2ccc(NC(=O)[C@@H]3CSCCN3C(=O)[C@H](NC(=O)OC(C)(C)C)c3ccccc3)cc2)c1. The molecule has 11 heteroatoms. The molecule has 3 amide bonds. The summed E-state index contributed by atoms with van der Waals surface area (Å²) in [6.07, 6.45) is 1.09. The number of carbonyl (C=O) groups excluding carboxylic acids is 3. The van der Waals surface area contributed by atoms with Crippen molar-refractivity contribution in [1.82, 2.24) is 20.0 Å². The molecule has 1 saturated heterocycles. The molecule has 5 rings (SSSR count). The molecule has 2 atom stereocenters. The summed E-state index contributed by atoms with van der Waals surface area (Å²) in [7, 11) is 1.80. The smallest absolute Gasteiger partial charge is 0.408 e. The van der Waals surface area contributed by atoms with E-state index >= 15 is 0 Å². The third-order valence-electron chi connectivity index (χ3n) is 7.49. The van der Waals surface area contributed by atoms with Gasteiger partial charge in [0.1, 0.15) is 29.1 Å². The van der Waals surface area contributed by atoms with E-state index in [9.17, 15) is 19.5 Å². The monoisotopic (exact) mass is 665 g/mol. The number of benzene rings is 3. The van der Waals surface area contributed by atoms with Gasteiger partial charge in [-0.05, 0) is 69.7 Å². The molecule has 0 bridgehead atoms. The second-order valence-corrected chi connectivity index (χ2v) is 13.7.